The van der Waals surface area contributed by atoms with Crippen LogP contribution in [0.4, 0.5) is 0 Å². The molecule has 1 fully saturated rings. The second-order valence-electron chi connectivity index (χ2n) is 8.51. The van der Waals surface area contributed by atoms with Crippen LogP contribution in [0.2, 0.25) is 0 Å². The minimum atomic E-state index is 0.224. The number of aryl methyl sites for hydroxylation is 2. The highest BCUT2D eigenvalue weighted by molar-refractivity contribution is 5.43. The lowest BCUT2D eigenvalue weighted by Gasteiger charge is -2.41. The molecule has 0 spiro atoms. The van der Waals surface area contributed by atoms with Crippen molar-refractivity contribution in [2.45, 2.75) is 66.7 Å². The molecule has 0 aliphatic carbocycles. The third-order valence-electron chi connectivity index (χ3n) is 6.81. The Morgan fingerprint density at radius 1 is 1.10 bits per heavy atom. The van der Waals surface area contributed by atoms with Crippen LogP contribution in [0.15, 0.2) is 12.1 Å². The maximum Gasteiger partial charge on any atom is 0.122 e. The molecule has 1 saturated heterocycles. The lowest BCUT2D eigenvalue weighted by Crippen LogP contribution is -2.52. The van der Waals surface area contributed by atoms with E-state index in [-0.39, 0.29) is 6.61 Å². The summed E-state index contributed by atoms with van der Waals surface area (Å²) in [5.41, 5.74) is 7.64. The van der Waals surface area contributed by atoms with Crippen molar-refractivity contribution in [3.05, 3.63) is 45.8 Å². The highest BCUT2D eigenvalue weighted by Gasteiger charge is 2.28. The van der Waals surface area contributed by atoms with Crippen molar-refractivity contribution in [1.29, 1.82) is 0 Å². The van der Waals surface area contributed by atoms with E-state index in [2.05, 4.69) is 66.3 Å². The molecule has 0 radical (unpaired) electrons. The van der Waals surface area contributed by atoms with Crippen molar-refractivity contribution in [2.24, 2.45) is 0 Å². The summed E-state index contributed by atoms with van der Waals surface area (Å²) in [6.07, 6.45) is 0.802. The van der Waals surface area contributed by atoms with Crippen LogP contribution in [-0.4, -0.2) is 64.1 Å². The van der Waals surface area contributed by atoms with Crippen molar-refractivity contribution in [2.75, 3.05) is 33.4 Å². The summed E-state index contributed by atoms with van der Waals surface area (Å²) in [5.74, 6) is 0.950. The van der Waals surface area contributed by atoms with Gasteiger partial charge in [0, 0.05) is 63.2 Å². The summed E-state index contributed by atoms with van der Waals surface area (Å²) < 4.78 is 7.57. The standard InChI is InChI=1S/C24H38N4O2/c1-7-28-20(5)23(19(4)25-28)16-26-11-12-27(22(15-26)10-13-29)14-21-8-9-24(30-6)18(3)17(21)2/h8-9,22,29H,7,10-16H2,1-6H3. The molecule has 6 heteroatoms. The zero-order valence-corrected chi connectivity index (χ0v) is 19.5. The van der Waals surface area contributed by atoms with Gasteiger partial charge in [0.05, 0.1) is 12.8 Å². The predicted octanol–water partition coefficient (Wildman–Crippen LogP) is 3.21. The minimum absolute atomic E-state index is 0.224. The van der Waals surface area contributed by atoms with Crippen LogP contribution in [0, 0.1) is 27.7 Å². The van der Waals surface area contributed by atoms with E-state index in [1.54, 1.807) is 7.11 Å². The molecular weight excluding hydrogens is 376 g/mol. The first-order valence-corrected chi connectivity index (χ1v) is 11.1. The molecular formula is C24H38N4O2. The number of piperazine rings is 1. The summed E-state index contributed by atoms with van der Waals surface area (Å²) >= 11 is 0. The molecule has 1 unspecified atom stereocenters. The fraction of sp³-hybridized carbons (Fsp3) is 0.625. The Hall–Kier alpha value is -1.89. The van der Waals surface area contributed by atoms with Gasteiger partial charge in [0.25, 0.3) is 0 Å². The van der Waals surface area contributed by atoms with E-state index in [0.29, 0.717) is 6.04 Å². The van der Waals surface area contributed by atoms with E-state index in [1.165, 1.54) is 27.9 Å². The van der Waals surface area contributed by atoms with Crippen LogP contribution in [0.25, 0.3) is 0 Å². The molecule has 1 aliphatic rings. The number of benzene rings is 1. The average Bonchev–Trinajstić information content (AvgIpc) is 3.01. The van der Waals surface area contributed by atoms with Crippen LogP contribution in [0.5, 0.6) is 5.75 Å². The third kappa shape index (κ3) is 4.71. The predicted molar refractivity (Wildman–Crippen MR) is 121 cm³/mol. The van der Waals surface area contributed by atoms with Gasteiger partial charge in [-0.05, 0) is 63.8 Å². The summed E-state index contributed by atoms with van der Waals surface area (Å²) in [7, 11) is 1.73. The molecule has 2 heterocycles. The molecule has 1 atom stereocenters. The molecule has 1 aliphatic heterocycles. The highest BCUT2D eigenvalue weighted by atomic mass is 16.5. The van der Waals surface area contributed by atoms with Gasteiger partial charge in [-0.1, -0.05) is 6.07 Å². The number of ether oxygens (including phenoxy) is 1. The number of aliphatic hydroxyl groups excluding tert-OH is 1. The molecule has 3 rings (SSSR count). The second-order valence-corrected chi connectivity index (χ2v) is 8.51. The molecule has 0 saturated carbocycles. The van der Waals surface area contributed by atoms with Gasteiger partial charge in [-0.2, -0.15) is 5.10 Å². The van der Waals surface area contributed by atoms with Gasteiger partial charge in [0.2, 0.25) is 0 Å². The van der Waals surface area contributed by atoms with E-state index in [4.69, 9.17) is 4.74 Å². The number of aliphatic hydroxyl groups is 1. The van der Waals surface area contributed by atoms with Gasteiger partial charge in [0.1, 0.15) is 5.75 Å². The van der Waals surface area contributed by atoms with Gasteiger partial charge in [0.15, 0.2) is 0 Å². The molecule has 2 aromatic rings. The van der Waals surface area contributed by atoms with Crippen LogP contribution in [-0.2, 0) is 19.6 Å². The quantitative estimate of drug-likeness (QED) is 0.719. The van der Waals surface area contributed by atoms with Gasteiger partial charge in [-0.3, -0.25) is 14.5 Å². The molecule has 1 aromatic heterocycles. The molecule has 1 N–H and O–H groups in total. The average molecular weight is 415 g/mol. The van der Waals surface area contributed by atoms with Crippen molar-refractivity contribution in [3.8, 4) is 5.75 Å². The summed E-state index contributed by atoms with van der Waals surface area (Å²) in [6.45, 7) is 16.8. The number of aromatic nitrogens is 2. The fourth-order valence-corrected chi connectivity index (χ4v) is 4.69. The fourth-order valence-electron chi connectivity index (χ4n) is 4.69. The lowest BCUT2D eigenvalue weighted by atomic mass is 10.00. The minimum Gasteiger partial charge on any atom is -0.496 e. The van der Waals surface area contributed by atoms with Crippen LogP contribution in [0.1, 0.15) is 47.0 Å². The lowest BCUT2D eigenvalue weighted by molar-refractivity contribution is 0.0496. The van der Waals surface area contributed by atoms with Crippen molar-refractivity contribution in [3.63, 3.8) is 0 Å². The Morgan fingerprint density at radius 3 is 2.50 bits per heavy atom. The maximum absolute atomic E-state index is 9.69. The number of hydrogen-bond acceptors (Lipinski definition) is 5. The zero-order valence-electron chi connectivity index (χ0n) is 19.5. The Kier molecular flexibility index (Phi) is 7.55. The first kappa shape index (κ1) is 22.8. The van der Waals surface area contributed by atoms with E-state index < -0.39 is 0 Å². The number of methoxy groups -OCH3 is 1. The number of hydrogen-bond donors (Lipinski definition) is 1. The third-order valence-corrected chi connectivity index (χ3v) is 6.81. The van der Waals surface area contributed by atoms with E-state index in [1.807, 2.05) is 0 Å². The molecule has 30 heavy (non-hydrogen) atoms. The molecule has 166 valence electrons. The van der Waals surface area contributed by atoms with Gasteiger partial charge in [-0.15, -0.1) is 0 Å². The first-order chi connectivity index (χ1) is 14.4. The summed E-state index contributed by atoms with van der Waals surface area (Å²) in [6, 6.07) is 4.62. The topological polar surface area (TPSA) is 53.8 Å². The van der Waals surface area contributed by atoms with Gasteiger partial charge < -0.3 is 9.84 Å². The van der Waals surface area contributed by atoms with E-state index in [9.17, 15) is 5.11 Å². The normalized spacial score (nSPS) is 18.2. The van der Waals surface area contributed by atoms with E-state index >= 15 is 0 Å². The second kappa shape index (κ2) is 9.94. The Labute approximate surface area is 181 Å². The van der Waals surface area contributed by atoms with Crippen LogP contribution < -0.4 is 4.74 Å². The largest absolute Gasteiger partial charge is 0.496 e. The number of rotatable bonds is 8. The summed E-state index contributed by atoms with van der Waals surface area (Å²) in [5, 5.41) is 14.4. The molecule has 0 bridgehead atoms. The Balaban J connectivity index is 1.72. The van der Waals surface area contributed by atoms with Crippen LogP contribution >= 0.6 is 0 Å². The van der Waals surface area contributed by atoms with Gasteiger partial charge >= 0.3 is 0 Å². The number of nitrogens with zero attached hydrogens (tertiary/aromatic N) is 4. The highest BCUT2D eigenvalue weighted by Crippen LogP contribution is 2.27. The van der Waals surface area contributed by atoms with Crippen molar-refractivity contribution >= 4 is 0 Å². The SMILES string of the molecule is CCn1nc(C)c(CN2CCN(Cc3ccc(OC)c(C)c3C)C(CCO)C2)c1C. The molecule has 1 aromatic carbocycles. The maximum atomic E-state index is 9.69. The Morgan fingerprint density at radius 2 is 1.87 bits per heavy atom. The zero-order chi connectivity index (χ0) is 21.8. The van der Waals surface area contributed by atoms with Gasteiger partial charge in [-0.25, -0.2) is 0 Å². The van der Waals surface area contributed by atoms with Crippen LogP contribution in [0.3, 0.4) is 0 Å². The first-order valence-electron chi connectivity index (χ1n) is 11.1. The van der Waals surface area contributed by atoms with Crippen molar-refractivity contribution in [1.82, 2.24) is 19.6 Å². The Bertz CT molecular complexity index is 861. The molecule has 6 nitrogen and oxygen atoms in total. The monoisotopic (exact) mass is 414 g/mol. The smallest absolute Gasteiger partial charge is 0.122 e. The summed E-state index contributed by atoms with van der Waals surface area (Å²) in [4.78, 5) is 5.07. The molecule has 0 amide bonds. The van der Waals surface area contributed by atoms with Crippen molar-refractivity contribution < 1.29 is 9.84 Å². The van der Waals surface area contributed by atoms with E-state index in [0.717, 1.165) is 57.1 Å².